The number of nitrogens with zero attached hydrogens (tertiary/aromatic N) is 1. The van der Waals surface area contributed by atoms with Gasteiger partial charge in [-0.1, -0.05) is 38.1 Å². The van der Waals surface area contributed by atoms with Crippen molar-refractivity contribution in [3.05, 3.63) is 89.0 Å². The van der Waals surface area contributed by atoms with Gasteiger partial charge in [0.25, 0.3) is 5.91 Å². The molecule has 0 saturated heterocycles. The molecule has 3 aromatic rings. The van der Waals surface area contributed by atoms with Crippen molar-refractivity contribution in [1.29, 1.82) is 5.41 Å². The fourth-order valence-corrected chi connectivity index (χ4v) is 4.19. The maximum Gasteiger partial charge on any atom is 0.337 e. The molecule has 3 N–H and O–H groups in total. The highest BCUT2D eigenvalue weighted by molar-refractivity contribution is 8.00. The van der Waals surface area contributed by atoms with Crippen LogP contribution in [0.3, 0.4) is 0 Å². The van der Waals surface area contributed by atoms with Crippen LogP contribution < -0.4 is 9.62 Å². The zero-order valence-corrected chi connectivity index (χ0v) is 23.0. The standard InChI is InChI=1S/C26H27N3O3S.C3H8O/c1-16(2)24(27)19-11-14-22(21(15-19)26(31)32)28-25(30)18-9-12-20(13-10-18)33-29(4)23-8-6-5-7-17(23)3;1-3-4-2/h5-16,27H,1-4H3,(H,28,30)(H,31,32);3H2,1-2H3. The smallest absolute Gasteiger partial charge is 0.337 e. The van der Waals surface area contributed by atoms with Gasteiger partial charge in [-0.05, 0) is 85.3 Å². The summed E-state index contributed by atoms with van der Waals surface area (Å²) in [4.78, 5) is 25.5. The molecule has 0 radical (unpaired) electrons. The summed E-state index contributed by atoms with van der Waals surface area (Å²) in [7, 11) is 3.67. The molecule has 3 aromatic carbocycles. The van der Waals surface area contributed by atoms with Crippen LogP contribution in [0.25, 0.3) is 0 Å². The molecule has 0 atom stereocenters. The van der Waals surface area contributed by atoms with Crippen LogP contribution >= 0.6 is 11.9 Å². The summed E-state index contributed by atoms with van der Waals surface area (Å²) in [5.41, 5.74) is 3.74. The van der Waals surface area contributed by atoms with Gasteiger partial charge in [-0.15, -0.1) is 0 Å². The van der Waals surface area contributed by atoms with Crippen molar-refractivity contribution in [3.63, 3.8) is 0 Å². The minimum Gasteiger partial charge on any atom is -0.478 e. The van der Waals surface area contributed by atoms with Crippen molar-refractivity contribution >= 4 is 40.9 Å². The average molecular weight is 522 g/mol. The van der Waals surface area contributed by atoms with E-state index in [4.69, 9.17) is 5.41 Å². The molecule has 0 fully saturated rings. The third-order valence-electron chi connectivity index (χ3n) is 5.49. The van der Waals surface area contributed by atoms with Gasteiger partial charge in [0.1, 0.15) is 0 Å². The minimum atomic E-state index is -1.16. The van der Waals surface area contributed by atoms with Crippen molar-refractivity contribution in [3.8, 4) is 0 Å². The van der Waals surface area contributed by atoms with E-state index in [1.807, 2.05) is 52.1 Å². The molecule has 196 valence electrons. The molecular formula is C29H35N3O4S. The van der Waals surface area contributed by atoms with Crippen LogP contribution in [0.5, 0.6) is 0 Å². The van der Waals surface area contributed by atoms with Crippen LogP contribution in [-0.4, -0.2) is 43.5 Å². The molecule has 0 unspecified atom stereocenters. The number of carboxylic acid groups (broad SMARTS) is 1. The Kier molecular flexibility index (Phi) is 11.4. The number of carbonyl (C=O) groups is 2. The van der Waals surface area contributed by atoms with Gasteiger partial charge in [-0.2, -0.15) is 0 Å². The second kappa shape index (κ2) is 14.2. The maximum atomic E-state index is 12.8. The second-order valence-electron chi connectivity index (χ2n) is 8.56. The summed E-state index contributed by atoms with van der Waals surface area (Å²) in [6.07, 6.45) is 0. The van der Waals surface area contributed by atoms with Crippen LogP contribution in [-0.2, 0) is 4.74 Å². The Balaban J connectivity index is 0.00000112. The Morgan fingerprint density at radius 1 is 1.05 bits per heavy atom. The molecule has 3 rings (SSSR count). The van der Waals surface area contributed by atoms with E-state index < -0.39 is 11.9 Å². The first-order valence-electron chi connectivity index (χ1n) is 11.9. The van der Waals surface area contributed by atoms with E-state index >= 15 is 0 Å². The number of amides is 1. The number of hydrogen-bond donors (Lipinski definition) is 3. The number of methoxy groups -OCH3 is 1. The first kappa shape index (κ1) is 29.6. The van der Waals surface area contributed by atoms with E-state index in [9.17, 15) is 14.7 Å². The van der Waals surface area contributed by atoms with Gasteiger partial charge >= 0.3 is 5.97 Å². The third kappa shape index (κ3) is 8.48. The first-order valence-corrected chi connectivity index (χ1v) is 12.7. The molecule has 8 heteroatoms. The summed E-state index contributed by atoms with van der Waals surface area (Å²) in [5.74, 6) is -1.59. The minimum absolute atomic E-state index is 0.0340. The molecule has 0 spiro atoms. The number of carbonyl (C=O) groups excluding carboxylic acids is 1. The Morgan fingerprint density at radius 2 is 1.65 bits per heavy atom. The van der Waals surface area contributed by atoms with Crippen molar-refractivity contribution in [1.82, 2.24) is 0 Å². The Bertz CT molecular complexity index is 1220. The highest BCUT2D eigenvalue weighted by atomic mass is 32.2. The zero-order valence-electron chi connectivity index (χ0n) is 22.2. The molecule has 0 heterocycles. The number of nitrogens with one attached hydrogen (secondary N) is 2. The van der Waals surface area contributed by atoms with E-state index in [1.54, 1.807) is 37.3 Å². The van der Waals surface area contributed by atoms with Gasteiger partial charge in [-0.3, -0.25) is 4.79 Å². The summed E-state index contributed by atoms with van der Waals surface area (Å²) in [6, 6.07) is 19.9. The van der Waals surface area contributed by atoms with Gasteiger partial charge in [-0.25, -0.2) is 4.79 Å². The summed E-state index contributed by atoms with van der Waals surface area (Å²) >= 11 is 1.55. The van der Waals surface area contributed by atoms with Gasteiger partial charge in [0.05, 0.1) is 11.3 Å². The fourth-order valence-electron chi connectivity index (χ4n) is 3.32. The summed E-state index contributed by atoms with van der Waals surface area (Å²) in [6.45, 7) is 8.59. The molecular weight excluding hydrogens is 486 g/mol. The van der Waals surface area contributed by atoms with Gasteiger partial charge in [0.2, 0.25) is 0 Å². The van der Waals surface area contributed by atoms with Crippen LogP contribution in [0, 0.1) is 18.3 Å². The quantitative estimate of drug-likeness (QED) is 0.212. The second-order valence-corrected chi connectivity index (χ2v) is 9.77. The monoisotopic (exact) mass is 521 g/mol. The van der Waals surface area contributed by atoms with Crippen molar-refractivity contribution in [2.24, 2.45) is 5.92 Å². The molecule has 37 heavy (non-hydrogen) atoms. The Morgan fingerprint density at radius 3 is 2.19 bits per heavy atom. The number of carboxylic acids is 1. The Hall–Kier alpha value is -3.62. The maximum absolute atomic E-state index is 12.8. The lowest BCUT2D eigenvalue weighted by Gasteiger charge is -2.20. The molecule has 0 saturated carbocycles. The highest BCUT2D eigenvalue weighted by Gasteiger charge is 2.17. The molecule has 0 aromatic heterocycles. The predicted molar refractivity (Wildman–Crippen MR) is 152 cm³/mol. The average Bonchev–Trinajstić information content (AvgIpc) is 2.89. The van der Waals surface area contributed by atoms with E-state index in [1.165, 1.54) is 17.7 Å². The van der Waals surface area contributed by atoms with E-state index in [0.29, 0.717) is 16.8 Å². The lowest BCUT2D eigenvalue weighted by atomic mass is 9.97. The van der Waals surface area contributed by atoms with E-state index in [0.717, 1.165) is 17.2 Å². The normalized spacial score (nSPS) is 10.4. The van der Waals surface area contributed by atoms with Crippen molar-refractivity contribution in [2.45, 2.75) is 32.6 Å². The summed E-state index contributed by atoms with van der Waals surface area (Å²) < 4.78 is 6.61. The fraction of sp³-hybridized carbons (Fsp3) is 0.276. The lowest BCUT2D eigenvalue weighted by molar-refractivity contribution is 0.0698. The van der Waals surface area contributed by atoms with Crippen LogP contribution in [0.1, 0.15) is 52.6 Å². The van der Waals surface area contributed by atoms with E-state index in [-0.39, 0.29) is 17.2 Å². The largest absolute Gasteiger partial charge is 0.478 e. The van der Waals surface area contributed by atoms with Gasteiger partial charge in [0.15, 0.2) is 0 Å². The van der Waals surface area contributed by atoms with Crippen LogP contribution in [0.15, 0.2) is 71.6 Å². The number of anilines is 2. The Labute approximate surface area is 223 Å². The van der Waals surface area contributed by atoms with E-state index in [2.05, 4.69) is 33.4 Å². The predicted octanol–water partition coefficient (Wildman–Crippen LogP) is 6.77. The van der Waals surface area contributed by atoms with Gasteiger partial charge < -0.3 is 24.9 Å². The highest BCUT2D eigenvalue weighted by Crippen LogP contribution is 2.29. The molecule has 1 amide bonds. The molecule has 0 aliphatic rings. The number of hydrogen-bond acceptors (Lipinski definition) is 6. The SMILES string of the molecule is CCOC.Cc1ccccc1N(C)Sc1ccc(C(=O)Nc2ccc(C(=N)C(C)C)cc2C(=O)O)cc1. The number of benzene rings is 3. The lowest BCUT2D eigenvalue weighted by Crippen LogP contribution is -2.16. The molecule has 0 aliphatic carbocycles. The first-order chi connectivity index (χ1) is 17.6. The van der Waals surface area contributed by atoms with Gasteiger partial charge in [0, 0.05) is 42.6 Å². The third-order valence-corrected chi connectivity index (χ3v) is 6.44. The molecule has 0 aliphatic heterocycles. The number of para-hydroxylation sites is 1. The number of rotatable bonds is 9. The summed E-state index contributed by atoms with van der Waals surface area (Å²) in [5, 5.41) is 20.4. The molecule has 0 bridgehead atoms. The van der Waals surface area contributed by atoms with Crippen molar-refractivity contribution < 1.29 is 19.4 Å². The number of aryl methyl sites for hydroxylation is 1. The van der Waals surface area contributed by atoms with Crippen LogP contribution in [0.2, 0.25) is 0 Å². The van der Waals surface area contributed by atoms with Crippen molar-refractivity contribution in [2.75, 3.05) is 30.4 Å². The zero-order chi connectivity index (χ0) is 27.5. The number of aromatic carboxylic acids is 1. The van der Waals surface area contributed by atoms with Crippen LogP contribution in [0.4, 0.5) is 11.4 Å². The molecule has 7 nitrogen and oxygen atoms in total. The topological polar surface area (TPSA) is 103 Å². The number of ether oxygens (including phenoxy) is 1.